The maximum atomic E-state index is 11.9. The van der Waals surface area contributed by atoms with E-state index in [0.29, 0.717) is 11.0 Å². The summed E-state index contributed by atoms with van der Waals surface area (Å²) in [5.74, 6) is 0.361. The zero-order valence-corrected chi connectivity index (χ0v) is 13.6. The van der Waals surface area contributed by atoms with Gasteiger partial charge in [-0.05, 0) is 37.0 Å². The molecule has 0 spiro atoms. The number of carbonyl (C=O) groups is 1. The number of aromatic nitrogens is 1. The van der Waals surface area contributed by atoms with Crippen LogP contribution in [0.4, 0.5) is 5.13 Å². The van der Waals surface area contributed by atoms with Gasteiger partial charge in [0.05, 0.1) is 5.69 Å². The molecule has 1 aromatic heterocycles. The first-order valence-electron chi connectivity index (χ1n) is 6.99. The minimum atomic E-state index is -0.156. The number of hydrogen-bond acceptors (Lipinski definition) is 3. The molecule has 21 heavy (non-hydrogen) atoms. The summed E-state index contributed by atoms with van der Waals surface area (Å²) in [5.41, 5.74) is 3.27. The summed E-state index contributed by atoms with van der Waals surface area (Å²) < 4.78 is 0. The molecule has 0 saturated heterocycles. The fourth-order valence-electron chi connectivity index (χ4n) is 1.84. The third-order valence-corrected chi connectivity index (χ3v) is 4.28. The fraction of sp³-hybridized carbons (Fsp3) is 0.294. The molecule has 3 nitrogen and oxygen atoms in total. The molecule has 0 aliphatic rings. The van der Waals surface area contributed by atoms with Gasteiger partial charge in [0.1, 0.15) is 0 Å². The normalized spacial score (nSPS) is 11.3. The second-order valence-electron chi connectivity index (χ2n) is 5.30. The molecule has 1 amide bonds. The maximum Gasteiger partial charge on any atom is 0.250 e. The van der Waals surface area contributed by atoms with Gasteiger partial charge in [-0.25, -0.2) is 4.98 Å². The van der Waals surface area contributed by atoms with Gasteiger partial charge in [0.15, 0.2) is 5.13 Å². The van der Waals surface area contributed by atoms with Gasteiger partial charge >= 0.3 is 0 Å². The van der Waals surface area contributed by atoms with E-state index in [2.05, 4.69) is 36.3 Å². The number of nitrogens with one attached hydrogen (secondary N) is 1. The van der Waals surface area contributed by atoms with Crippen molar-refractivity contribution in [1.82, 2.24) is 4.98 Å². The van der Waals surface area contributed by atoms with Gasteiger partial charge in [0.25, 0.3) is 0 Å². The number of nitrogens with zero attached hydrogens (tertiary/aromatic N) is 1. The highest BCUT2D eigenvalue weighted by molar-refractivity contribution is 7.15. The quantitative estimate of drug-likeness (QED) is 0.843. The molecule has 1 N–H and O–H groups in total. The summed E-state index contributed by atoms with van der Waals surface area (Å²) in [7, 11) is 0. The molecule has 2 aromatic rings. The molecule has 0 unspecified atom stereocenters. The molecule has 0 radical (unpaired) electrons. The van der Waals surface area contributed by atoms with Gasteiger partial charge in [-0.15, -0.1) is 11.3 Å². The molecule has 1 heterocycles. The number of rotatable bonds is 4. The lowest BCUT2D eigenvalue weighted by Gasteiger charge is -2.04. The highest BCUT2D eigenvalue weighted by atomic mass is 32.1. The fourth-order valence-corrected chi connectivity index (χ4v) is 2.65. The summed E-state index contributed by atoms with van der Waals surface area (Å²) in [4.78, 5) is 17.3. The van der Waals surface area contributed by atoms with E-state index in [1.807, 2.05) is 32.1 Å². The Labute approximate surface area is 129 Å². The highest BCUT2D eigenvalue weighted by Crippen LogP contribution is 2.21. The standard InChI is InChI=1S/C17H20N2OS/c1-11(2)15-8-5-14(6-9-15)7-10-16(20)19-17-18-12(3)13(4)21-17/h5-11H,1-4H3,(H,18,19,20). The Morgan fingerprint density at radius 3 is 2.43 bits per heavy atom. The van der Waals surface area contributed by atoms with Crippen LogP contribution in [0.3, 0.4) is 0 Å². The van der Waals surface area contributed by atoms with E-state index in [1.54, 1.807) is 0 Å². The van der Waals surface area contributed by atoms with Crippen LogP contribution in [0.2, 0.25) is 0 Å². The Bertz CT molecular complexity index is 634. The van der Waals surface area contributed by atoms with Crippen molar-refractivity contribution >= 4 is 28.5 Å². The number of carbonyl (C=O) groups excluding carboxylic acids is 1. The van der Waals surface area contributed by atoms with E-state index in [-0.39, 0.29) is 5.91 Å². The average molecular weight is 300 g/mol. The van der Waals surface area contributed by atoms with Crippen LogP contribution in [0.25, 0.3) is 6.08 Å². The van der Waals surface area contributed by atoms with E-state index in [1.165, 1.54) is 23.0 Å². The predicted octanol–water partition coefficient (Wildman–Crippen LogP) is 4.54. The van der Waals surface area contributed by atoms with E-state index < -0.39 is 0 Å². The molecule has 110 valence electrons. The minimum absolute atomic E-state index is 0.156. The van der Waals surface area contributed by atoms with Gasteiger partial charge in [-0.3, -0.25) is 10.1 Å². The smallest absolute Gasteiger partial charge is 0.250 e. The number of benzene rings is 1. The van der Waals surface area contributed by atoms with Crippen molar-refractivity contribution < 1.29 is 4.79 Å². The zero-order valence-electron chi connectivity index (χ0n) is 12.8. The summed E-state index contributed by atoms with van der Waals surface area (Å²) in [6.45, 7) is 8.26. The molecule has 2 rings (SSSR count). The second-order valence-corrected chi connectivity index (χ2v) is 6.51. The SMILES string of the molecule is Cc1nc(NC(=O)C=Cc2ccc(C(C)C)cc2)sc1C. The molecule has 0 aliphatic carbocycles. The largest absolute Gasteiger partial charge is 0.298 e. The van der Waals surface area contributed by atoms with Crippen LogP contribution in [-0.4, -0.2) is 10.9 Å². The molecule has 0 saturated carbocycles. The van der Waals surface area contributed by atoms with E-state index in [4.69, 9.17) is 0 Å². The molecular formula is C17H20N2OS. The first-order valence-corrected chi connectivity index (χ1v) is 7.80. The van der Waals surface area contributed by atoms with Crippen LogP contribution in [-0.2, 0) is 4.79 Å². The van der Waals surface area contributed by atoms with E-state index >= 15 is 0 Å². The lowest BCUT2D eigenvalue weighted by molar-refractivity contribution is -0.111. The van der Waals surface area contributed by atoms with Crippen LogP contribution in [0.5, 0.6) is 0 Å². The van der Waals surface area contributed by atoms with Crippen molar-refractivity contribution in [3.8, 4) is 0 Å². The van der Waals surface area contributed by atoms with Crippen molar-refractivity contribution in [3.63, 3.8) is 0 Å². The number of hydrogen-bond donors (Lipinski definition) is 1. The third kappa shape index (κ3) is 4.26. The van der Waals surface area contributed by atoms with Crippen molar-refractivity contribution in [1.29, 1.82) is 0 Å². The topological polar surface area (TPSA) is 42.0 Å². The van der Waals surface area contributed by atoms with Crippen molar-refractivity contribution in [3.05, 3.63) is 52.0 Å². The molecule has 0 atom stereocenters. The highest BCUT2D eigenvalue weighted by Gasteiger charge is 2.05. The van der Waals surface area contributed by atoms with Gasteiger partial charge < -0.3 is 0 Å². The van der Waals surface area contributed by atoms with Gasteiger partial charge in [-0.1, -0.05) is 38.1 Å². The maximum absolute atomic E-state index is 11.9. The van der Waals surface area contributed by atoms with Gasteiger partial charge in [0, 0.05) is 11.0 Å². The van der Waals surface area contributed by atoms with Crippen LogP contribution in [0.15, 0.2) is 30.3 Å². The summed E-state index contributed by atoms with van der Waals surface area (Å²) in [6, 6.07) is 8.24. The summed E-state index contributed by atoms with van der Waals surface area (Å²) in [5, 5.41) is 3.43. The molecule has 4 heteroatoms. The lowest BCUT2D eigenvalue weighted by atomic mass is 10.0. The van der Waals surface area contributed by atoms with Crippen LogP contribution >= 0.6 is 11.3 Å². The van der Waals surface area contributed by atoms with Crippen molar-refractivity contribution in [2.75, 3.05) is 5.32 Å². The number of aryl methyl sites for hydroxylation is 2. The van der Waals surface area contributed by atoms with Crippen molar-refractivity contribution in [2.24, 2.45) is 0 Å². The molecular weight excluding hydrogens is 280 g/mol. The second kappa shape index (κ2) is 6.68. The van der Waals surface area contributed by atoms with E-state index in [0.717, 1.165) is 16.1 Å². The lowest BCUT2D eigenvalue weighted by Crippen LogP contribution is -2.07. The van der Waals surface area contributed by atoms with Gasteiger partial charge in [-0.2, -0.15) is 0 Å². The number of thiazole rings is 1. The Morgan fingerprint density at radius 2 is 1.90 bits per heavy atom. The van der Waals surface area contributed by atoms with Crippen molar-refractivity contribution in [2.45, 2.75) is 33.6 Å². The summed E-state index contributed by atoms with van der Waals surface area (Å²) >= 11 is 1.49. The Morgan fingerprint density at radius 1 is 1.24 bits per heavy atom. The Balaban J connectivity index is 1.98. The molecule has 0 bridgehead atoms. The number of anilines is 1. The minimum Gasteiger partial charge on any atom is -0.298 e. The predicted molar refractivity (Wildman–Crippen MR) is 89.8 cm³/mol. The molecule has 0 fully saturated rings. The van der Waals surface area contributed by atoms with Crippen LogP contribution < -0.4 is 5.32 Å². The van der Waals surface area contributed by atoms with Crippen LogP contribution in [0, 0.1) is 13.8 Å². The third-order valence-electron chi connectivity index (χ3n) is 3.29. The molecule has 0 aliphatic heterocycles. The monoisotopic (exact) mass is 300 g/mol. The van der Waals surface area contributed by atoms with Crippen LogP contribution in [0.1, 0.15) is 41.5 Å². The Hall–Kier alpha value is -1.94. The molecule has 1 aromatic carbocycles. The Kier molecular flexibility index (Phi) is 4.91. The average Bonchev–Trinajstić information content (AvgIpc) is 2.75. The summed E-state index contributed by atoms with van der Waals surface area (Å²) in [6.07, 6.45) is 3.35. The first-order chi connectivity index (χ1) is 9.95. The number of amides is 1. The van der Waals surface area contributed by atoms with Gasteiger partial charge in [0.2, 0.25) is 5.91 Å². The zero-order chi connectivity index (χ0) is 15.4. The first kappa shape index (κ1) is 15.4. The van der Waals surface area contributed by atoms with E-state index in [9.17, 15) is 4.79 Å².